The van der Waals surface area contributed by atoms with Gasteiger partial charge in [0.05, 0.1) is 37.9 Å². The summed E-state index contributed by atoms with van der Waals surface area (Å²) in [4.78, 5) is 11.6. The van der Waals surface area contributed by atoms with E-state index >= 15 is 0 Å². The number of nitrogens with two attached hydrogens (primary N) is 5. The molecule has 19 atom stereocenters. The summed E-state index contributed by atoms with van der Waals surface area (Å²) < 4.78 is 34.6. The monoisotopic (exact) mass is 672 g/mol. The number of hydrogen-bond donors (Lipinski definition) is 14. The number of rotatable bonds is 11. The highest BCUT2D eigenvalue weighted by Crippen LogP contribution is 2.34. The maximum atomic E-state index is 11.6. The molecule has 4 rings (SSSR count). The van der Waals surface area contributed by atoms with Crippen molar-refractivity contribution >= 4 is 5.91 Å². The molecule has 19 unspecified atom stereocenters. The van der Waals surface area contributed by atoms with Crippen LogP contribution in [0.4, 0.5) is 0 Å². The average Bonchev–Trinajstić information content (AvgIpc) is 3.33. The van der Waals surface area contributed by atoms with Gasteiger partial charge in [-0.2, -0.15) is 0 Å². The third-order valence-electron chi connectivity index (χ3n) is 8.77. The topological polar surface area (TPSA) is 376 Å². The highest BCUT2D eigenvalue weighted by molar-refractivity contribution is 5.77. The molecular formula is C25H48N6O15. The fourth-order valence-electron chi connectivity index (χ4n) is 5.96. The molecule has 0 aromatic heterocycles. The van der Waals surface area contributed by atoms with Gasteiger partial charge in [0.15, 0.2) is 18.9 Å². The normalized spacial score (nSPS) is 50.0. The zero-order chi connectivity index (χ0) is 34.0. The summed E-state index contributed by atoms with van der Waals surface area (Å²) in [6.45, 7) is -1.97. The Hall–Kier alpha value is -1.29. The zero-order valence-electron chi connectivity index (χ0n) is 24.8. The third kappa shape index (κ3) is 7.78. The molecule has 1 saturated carbocycles. The van der Waals surface area contributed by atoms with Gasteiger partial charge in [-0.25, -0.2) is 0 Å². The molecule has 1 amide bonds. The van der Waals surface area contributed by atoms with E-state index in [9.17, 15) is 45.6 Å². The Bertz CT molecular complexity index is 992. The van der Waals surface area contributed by atoms with Gasteiger partial charge in [-0.3, -0.25) is 4.79 Å². The maximum absolute atomic E-state index is 11.6. The fraction of sp³-hybridized carbons (Fsp3) is 0.960. The molecule has 0 aromatic rings. The number of aliphatic hydroxyl groups excluding tert-OH is 8. The molecule has 0 aromatic carbocycles. The Labute approximate surface area is 263 Å². The van der Waals surface area contributed by atoms with Crippen molar-refractivity contribution < 1.29 is 74.1 Å². The van der Waals surface area contributed by atoms with Crippen LogP contribution in [-0.4, -0.2) is 189 Å². The summed E-state index contributed by atoms with van der Waals surface area (Å²) in [6, 6.07) is -4.47. The standard InChI is InChI=1S/C25H48N6O15/c26-2-11(34)31-3-8-15(36)17(38)12(29)23(41-8)45-21-10(5-33)43-25(19(21)40)46-22-14(35)6(27)1-7(28)20(22)44-24-13(30)18(39)16(37)9(4-32)42-24/h6-10,12-25,32-33,35-40H,1-5,26-30H2,(H,31,34). The van der Waals surface area contributed by atoms with Gasteiger partial charge in [0.2, 0.25) is 5.91 Å². The molecule has 4 aliphatic rings. The van der Waals surface area contributed by atoms with Crippen molar-refractivity contribution in [3.8, 4) is 0 Å². The van der Waals surface area contributed by atoms with Crippen molar-refractivity contribution in [3.63, 3.8) is 0 Å². The summed E-state index contributed by atoms with van der Waals surface area (Å²) in [6.07, 6.45) is -21.5. The summed E-state index contributed by atoms with van der Waals surface area (Å²) in [5, 5.41) is 85.6. The summed E-state index contributed by atoms with van der Waals surface area (Å²) in [5.41, 5.74) is 29.7. The fourth-order valence-corrected chi connectivity index (χ4v) is 5.96. The van der Waals surface area contributed by atoms with E-state index in [0.717, 1.165) is 0 Å². The van der Waals surface area contributed by atoms with E-state index in [-0.39, 0.29) is 19.5 Å². The van der Waals surface area contributed by atoms with Gasteiger partial charge < -0.3 is 103 Å². The van der Waals surface area contributed by atoms with Gasteiger partial charge in [-0.05, 0) is 6.42 Å². The Morgan fingerprint density at radius 2 is 1.13 bits per heavy atom. The first-order chi connectivity index (χ1) is 21.7. The van der Waals surface area contributed by atoms with Crippen molar-refractivity contribution in [3.05, 3.63) is 0 Å². The van der Waals surface area contributed by atoms with Crippen molar-refractivity contribution in [2.24, 2.45) is 28.7 Å². The van der Waals surface area contributed by atoms with Crippen LogP contribution in [-0.2, 0) is 33.2 Å². The van der Waals surface area contributed by atoms with E-state index in [0.29, 0.717) is 0 Å². The molecule has 0 bridgehead atoms. The molecule has 268 valence electrons. The van der Waals surface area contributed by atoms with Crippen LogP contribution < -0.4 is 34.0 Å². The minimum Gasteiger partial charge on any atom is -0.394 e. The molecule has 3 aliphatic heterocycles. The van der Waals surface area contributed by atoms with Crippen molar-refractivity contribution in [2.75, 3.05) is 26.3 Å². The third-order valence-corrected chi connectivity index (χ3v) is 8.77. The minimum atomic E-state index is -1.68. The van der Waals surface area contributed by atoms with Crippen LogP contribution in [0, 0.1) is 0 Å². The summed E-state index contributed by atoms with van der Waals surface area (Å²) in [5.74, 6) is -0.553. The average molecular weight is 673 g/mol. The van der Waals surface area contributed by atoms with Crippen molar-refractivity contribution in [1.82, 2.24) is 5.32 Å². The number of hydrogen-bond acceptors (Lipinski definition) is 20. The van der Waals surface area contributed by atoms with E-state index in [1.165, 1.54) is 0 Å². The highest BCUT2D eigenvalue weighted by atomic mass is 16.8. The van der Waals surface area contributed by atoms with Gasteiger partial charge in [-0.15, -0.1) is 0 Å². The second kappa shape index (κ2) is 15.9. The minimum absolute atomic E-state index is 0.0410. The molecule has 21 nitrogen and oxygen atoms in total. The van der Waals surface area contributed by atoms with Crippen LogP contribution in [0.5, 0.6) is 0 Å². The molecular weight excluding hydrogens is 624 g/mol. The summed E-state index contributed by atoms with van der Waals surface area (Å²) >= 11 is 0. The van der Waals surface area contributed by atoms with Crippen LogP contribution in [0.3, 0.4) is 0 Å². The van der Waals surface area contributed by atoms with Crippen LogP contribution in [0.25, 0.3) is 0 Å². The van der Waals surface area contributed by atoms with E-state index in [4.69, 9.17) is 57.1 Å². The zero-order valence-corrected chi connectivity index (χ0v) is 24.8. The van der Waals surface area contributed by atoms with E-state index in [2.05, 4.69) is 5.32 Å². The molecule has 46 heavy (non-hydrogen) atoms. The van der Waals surface area contributed by atoms with Crippen LogP contribution >= 0.6 is 0 Å². The lowest BCUT2D eigenvalue weighted by molar-refractivity contribution is -0.310. The molecule has 21 heteroatoms. The largest absolute Gasteiger partial charge is 0.394 e. The molecule has 1 aliphatic carbocycles. The van der Waals surface area contributed by atoms with Crippen LogP contribution in [0.1, 0.15) is 6.42 Å². The number of ether oxygens (including phenoxy) is 6. The molecule has 0 radical (unpaired) electrons. The Balaban J connectivity index is 1.48. The van der Waals surface area contributed by atoms with E-state index in [1.807, 2.05) is 0 Å². The predicted molar refractivity (Wildman–Crippen MR) is 149 cm³/mol. The SMILES string of the molecule is NCC(=O)NCC1OC(OC2C(CO)OC(OC3C(O)C(N)CC(N)C3OC3OC(CO)C(O)C(O)C3N)C2O)C(N)C(O)C1O. The predicted octanol–water partition coefficient (Wildman–Crippen LogP) is -9.75. The Morgan fingerprint density at radius 3 is 1.70 bits per heavy atom. The van der Waals surface area contributed by atoms with Crippen molar-refractivity contribution in [2.45, 2.75) is 123 Å². The smallest absolute Gasteiger partial charge is 0.233 e. The first-order valence-electron chi connectivity index (χ1n) is 15.0. The lowest BCUT2D eigenvalue weighted by atomic mass is 9.84. The van der Waals surface area contributed by atoms with Crippen LogP contribution in [0.15, 0.2) is 0 Å². The second-order valence-electron chi connectivity index (χ2n) is 12.0. The first kappa shape index (κ1) is 37.5. The van der Waals surface area contributed by atoms with E-state index in [1.54, 1.807) is 0 Å². The molecule has 3 saturated heterocycles. The van der Waals surface area contributed by atoms with Gasteiger partial charge >= 0.3 is 0 Å². The number of aliphatic hydroxyl groups is 8. The van der Waals surface area contributed by atoms with E-state index < -0.39 is 135 Å². The number of amides is 1. The number of carbonyl (C=O) groups is 1. The number of nitrogens with one attached hydrogen (secondary N) is 1. The lowest BCUT2D eigenvalue weighted by Crippen LogP contribution is -2.68. The lowest BCUT2D eigenvalue weighted by Gasteiger charge is -2.47. The second-order valence-corrected chi connectivity index (χ2v) is 12.0. The van der Waals surface area contributed by atoms with Gasteiger partial charge in [0, 0.05) is 18.6 Å². The van der Waals surface area contributed by atoms with Gasteiger partial charge in [-0.1, -0.05) is 0 Å². The Kier molecular flexibility index (Phi) is 13.0. The molecule has 19 N–H and O–H groups in total. The van der Waals surface area contributed by atoms with Crippen molar-refractivity contribution in [1.29, 1.82) is 0 Å². The molecule has 3 heterocycles. The first-order valence-corrected chi connectivity index (χ1v) is 15.0. The molecule has 4 fully saturated rings. The Morgan fingerprint density at radius 1 is 0.630 bits per heavy atom. The van der Waals surface area contributed by atoms with Crippen LogP contribution in [0.2, 0.25) is 0 Å². The number of carbonyl (C=O) groups excluding carboxylic acids is 1. The van der Waals surface area contributed by atoms with Gasteiger partial charge in [0.25, 0.3) is 0 Å². The van der Waals surface area contributed by atoms with Gasteiger partial charge in [0.1, 0.15) is 67.1 Å². The maximum Gasteiger partial charge on any atom is 0.233 e. The summed E-state index contributed by atoms with van der Waals surface area (Å²) in [7, 11) is 0. The molecule has 0 spiro atoms. The highest BCUT2D eigenvalue weighted by Gasteiger charge is 2.54. The quantitative estimate of drug-likeness (QED) is 0.0968.